The minimum atomic E-state index is 0.496. The second-order valence-corrected chi connectivity index (χ2v) is 14.2. The van der Waals surface area contributed by atoms with Gasteiger partial charge < -0.3 is 0 Å². The Hall–Kier alpha value is -0.750. The van der Waals surface area contributed by atoms with Crippen LogP contribution in [0, 0.1) is 52.3 Å². The Labute approximate surface area is 215 Å². The van der Waals surface area contributed by atoms with Gasteiger partial charge in [0, 0.05) is 5.02 Å². The largest absolute Gasteiger partial charge is 0.0837 e. The van der Waals surface area contributed by atoms with E-state index in [1.54, 1.807) is 0 Å². The zero-order chi connectivity index (χ0) is 24.1. The quantitative estimate of drug-likeness (QED) is 0.379. The van der Waals surface area contributed by atoms with Gasteiger partial charge in [0.15, 0.2) is 0 Å². The predicted octanol–water partition coefficient (Wildman–Crippen LogP) is 10.5. The van der Waals surface area contributed by atoms with Crippen molar-refractivity contribution in [3.05, 3.63) is 40.9 Å². The van der Waals surface area contributed by atoms with Gasteiger partial charge in [-0.05, 0) is 121 Å². The molecule has 0 amide bonds. The predicted molar refractivity (Wildman–Crippen MR) is 148 cm³/mol. The van der Waals surface area contributed by atoms with Crippen molar-refractivity contribution < 1.29 is 0 Å². The Morgan fingerprint density at radius 3 is 2.44 bits per heavy atom. The van der Waals surface area contributed by atoms with Crippen LogP contribution in [0.3, 0.4) is 0 Å². The fraction of sp³-hybridized carbons (Fsp3) is 0.758. The minimum Gasteiger partial charge on any atom is -0.0837 e. The average Bonchev–Trinajstić information content (AvgIpc) is 3.16. The summed E-state index contributed by atoms with van der Waals surface area (Å²) >= 11 is 6.60. The highest BCUT2D eigenvalue weighted by atomic mass is 35.5. The molecule has 34 heavy (non-hydrogen) atoms. The number of hydrogen-bond donors (Lipinski definition) is 0. The van der Waals surface area contributed by atoms with Gasteiger partial charge in [0.1, 0.15) is 0 Å². The SMILES string of the molecule is CC(C)CCCC(C)C1CCC2C3CCC4CC(c5ccccc5Cl)=CCC4(C)C3CCC12C. The standard InChI is InChI=1S/C33H49Cl/c1-22(2)9-8-10-23(3)28-15-16-29-27-14-13-25-21-24(26-11-6-7-12-31(26)34)17-19-32(25,4)30(27)18-20-33(28,29)5/h6-7,11-12,17,22-23,25,27-30H,8-10,13-16,18-21H2,1-5H3. The van der Waals surface area contributed by atoms with Crippen LogP contribution in [0.15, 0.2) is 30.3 Å². The van der Waals surface area contributed by atoms with Crippen LogP contribution in [-0.4, -0.2) is 0 Å². The Balaban J connectivity index is 1.31. The van der Waals surface area contributed by atoms with E-state index in [1.807, 2.05) is 0 Å². The number of halogens is 1. The lowest BCUT2D eigenvalue weighted by atomic mass is 9.44. The van der Waals surface area contributed by atoms with Crippen molar-refractivity contribution in [1.82, 2.24) is 0 Å². The average molecular weight is 481 g/mol. The molecule has 3 fully saturated rings. The highest BCUT2D eigenvalue weighted by Crippen LogP contribution is 2.68. The van der Waals surface area contributed by atoms with Gasteiger partial charge >= 0.3 is 0 Å². The Bertz CT molecular complexity index is 898. The van der Waals surface area contributed by atoms with Gasteiger partial charge in [0.05, 0.1) is 0 Å². The lowest BCUT2D eigenvalue weighted by molar-refractivity contribution is -0.0999. The van der Waals surface area contributed by atoms with Crippen molar-refractivity contribution in [1.29, 1.82) is 0 Å². The van der Waals surface area contributed by atoms with Crippen molar-refractivity contribution in [3.8, 4) is 0 Å². The van der Waals surface area contributed by atoms with Crippen LogP contribution in [0.5, 0.6) is 0 Å². The lowest BCUT2D eigenvalue weighted by Gasteiger charge is -2.60. The second-order valence-electron chi connectivity index (χ2n) is 13.8. The van der Waals surface area contributed by atoms with E-state index in [-0.39, 0.29) is 0 Å². The van der Waals surface area contributed by atoms with E-state index in [0.717, 1.165) is 46.4 Å². The van der Waals surface area contributed by atoms with Crippen LogP contribution in [0.25, 0.3) is 5.57 Å². The third kappa shape index (κ3) is 4.23. The van der Waals surface area contributed by atoms with E-state index in [4.69, 9.17) is 11.6 Å². The third-order valence-electron chi connectivity index (χ3n) is 11.7. The third-order valence-corrected chi connectivity index (χ3v) is 12.1. The molecule has 0 aromatic heterocycles. The van der Waals surface area contributed by atoms with Crippen LogP contribution >= 0.6 is 11.6 Å². The molecular weight excluding hydrogens is 432 g/mol. The van der Waals surface area contributed by atoms with Crippen LogP contribution < -0.4 is 0 Å². The Morgan fingerprint density at radius 1 is 0.912 bits per heavy atom. The highest BCUT2D eigenvalue weighted by Gasteiger charge is 2.60. The number of rotatable bonds is 6. The normalized spacial score (nSPS) is 40.3. The molecule has 0 heterocycles. The highest BCUT2D eigenvalue weighted by molar-refractivity contribution is 6.32. The van der Waals surface area contributed by atoms with Crippen LogP contribution in [0.4, 0.5) is 0 Å². The first-order valence-corrected chi connectivity index (χ1v) is 15.1. The van der Waals surface area contributed by atoms with E-state index >= 15 is 0 Å². The van der Waals surface area contributed by atoms with Crippen molar-refractivity contribution in [2.75, 3.05) is 0 Å². The van der Waals surface area contributed by atoms with Gasteiger partial charge in [-0.25, -0.2) is 0 Å². The lowest BCUT2D eigenvalue weighted by Crippen LogP contribution is -2.52. The number of allylic oxidation sites excluding steroid dienone is 2. The molecule has 0 saturated heterocycles. The molecule has 4 aliphatic rings. The summed E-state index contributed by atoms with van der Waals surface area (Å²) in [6.45, 7) is 12.8. The number of benzene rings is 1. The van der Waals surface area contributed by atoms with E-state index in [2.05, 4.69) is 65.0 Å². The van der Waals surface area contributed by atoms with Gasteiger partial charge in [-0.3, -0.25) is 0 Å². The molecule has 1 aromatic rings. The van der Waals surface area contributed by atoms with Crippen molar-refractivity contribution >= 4 is 17.2 Å². The molecular formula is C33H49Cl. The molecule has 0 aliphatic heterocycles. The van der Waals surface area contributed by atoms with Gasteiger partial charge in [-0.1, -0.05) is 89.8 Å². The fourth-order valence-corrected chi connectivity index (χ4v) is 10.1. The Kier molecular flexibility index (Phi) is 7.04. The zero-order valence-electron chi connectivity index (χ0n) is 22.6. The summed E-state index contributed by atoms with van der Waals surface area (Å²) in [7, 11) is 0. The first kappa shape index (κ1) is 24.9. The van der Waals surface area contributed by atoms with Gasteiger partial charge in [0.25, 0.3) is 0 Å². The van der Waals surface area contributed by atoms with Crippen LogP contribution in [0.2, 0.25) is 5.02 Å². The van der Waals surface area contributed by atoms with Crippen molar-refractivity contribution in [2.24, 2.45) is 52.3 Å². The molecule has 0 radical (unpaired) electrons. The fourth-order valence-electron chi connectivity index (χ4n) is 9.85. The number of fused-ring (bicyclic) bond motifs is 5. The summed E-state index contributed by atoms with van der Waals surface area (Å²) < 4.78 is 0. The summed E-state index contributed by atoms with van der Waals surface area (Å²) in [5, 5.41) is 0.930. The zero-order valence-corrected chi connectivity index (χ0v) is 23.3. The first-order valence-electron chi connectivity index (χ1n) is 14.7. The van der Waals surface area contributed by atoms with Crippen LogP contribution in [-0.2, 0) is 0 Å². The molecule has 188 valence electrons. The molecule has 3 saturated carbocycles. The maximum absolute atomic E-state index is 6.60. The van der Waals surface area contributed by atoms with E-state index < -0.39 is 0 Å². The monoisotopic (exact) mass is 480 g/mol. The summed E-state index contributed by atoms with van der Waals surface area (Å²) in [4.78, 5) is 0. The molecule has 0 bridgehead atoms. The molecule has 5 rings (SSSR count). The maximum Gasteiger partial charge on any atom is 0.0481 e. The van der Waals surface area contributed by atoms with Crippen molar-refractivity contribution in [3.63, 3.8) is 0 Å². The van der Waals surface area contributed by atoms with Gasteiger partial charge in [-0.15, -0.1) is 0 Å². The topological polar surface area (TPSA) is 0 Å². The molecule has 1 heteroatoms. The minimum absolute atomic E-state index is 0.496. The molecule has 8 atom stereocenters. The van der Waals surface area contributed by atoms with Crippen LogP contribution in [0.1, 0.15) is 111 Å². The first-order chi connectivity index (χ1) is 16.2. The molecule has 0 N–H and O–H groups in total. The van der Waals surface area contributed by atoms with E-state index in [0.29, 0.717) is 10.8 Å². The smallest absolute Gasteiger partial charge is 0.0481 e. The Morgan fingerprint density at radius 2 is 1.68 bits per heavy atom. The van der Waals surface area contributed by atoms with Gasteiger partial charge in [-0.2, -0.15) is 0 Å². The summed E-state index contributed by atoms with van der Waals surface area (Å²) in [6.07, 6.45) is 18.3. The molecule has 1 aromatic carbocycles. The molecule has 4 aliphatic carbocycles. The second kappa shape index (κ2) is 9.61. The maximum atomic E-state index is 6.60. The van der Waals surface area contributed by atoms with E-state index in [1.165, 1.54) is 81.8 Å². The number of hydrogen-bond acceptors (Lipinski definition) is 0. The molecule has 0 nitrogen and oxygen atoms in total. The summed E-state index contributed by atoms with van der Waals surface area (Å²) in [5.41, 5.74) is 3.91. The van der Waals surface area contributed by atoms with Gasteiger partial charge in [0.2, 0.25) is 0 Å². The molecule has 8 unspecified atom stereocenters. The summed E-state index contributed by atoms with van der Waals surface area (Å²) in [5.74, 6) is 6.46. The van der Waals surface area contributed by atoms with E-state index in [9.17, 15) is 0 Å². The van der Waals surface area contributed by atoms with Crippen molar-refractivity contribution in [2.45, 2.75) is 105 Å². The summed E-state index contributed by atoms with van der Waals surface area (Å²) in [6, 6.07) is 8.50. The molecule has 0 spiro atoms.